The first-order valence-corrected chi connectivity index (χ1v) is 9.29. The molecule has 21 heavy (non-hydrogen) atoms. The Bertz CT molecular complexity index is 410. The maximum atomic E-state index is 5.76. The number of nitrogens with one attached hydrogen (secondary N) is 1. The highest BCUT2D eigenvalue weighted by Crippen LogP contribution is 2.35. The molecule has 1 aliphatic carbocycles. The van der Waals surface area contributed by atoms with Crippen molar-refractivity contribution in [1.82, 2.24) is 10.2 Å². The normalized spacial score (nSPS) is 25.8. The van der Waals surface area contributed by atoms with E-state index in [1.54, 1.807) is 0 Å². The standard InChI is InChI=1S/C17H28N2OS/c1-2-7-18-12-17(6-8-20-14-17)13-19(16-3-4-16)10-15-5-9-21-11-15/h5,9,11,16,18H,2-4,6-8,10,12-14H2,1H3. The second kappa shape index (κ2) is 7.23. The molecular weight excluding hydrogens is 280 g/mol. The lowest BCUT2D eigenvalue weighted by Crippen LogP contribution is -2.45. The molecular formula is C17H28N2OS. The van der Waals surface area contributed by atoms with E-state index in [1.807, 2.05) is 11.3 Å². The van der Waals surface area contributed by atoms with Gasteiger partial charge in [-0.05, 0) is 54.6 Å². The summed E-state index contributed by atoms with van der Waals surface area (Å²) in [6.45, 7) is 8.62. The van der Waals surface area contributed by atoms with Crippen LogP contribution in [0.25, 0.3) is 0 Å². The summed E-state index contributed by atoms with van der Waals surface area (Å²) < 4.78 is 5.76. The molecule has 2 aliphatic rings. The van der Waals surface area contributed by atoms with Crippen molar-refractivity contribution in [1.29, 1.82) is 0 Å². The highest BCUT2D eigenvalue weighted by atomic mass is 32.1. The number of hydrogen-bond acceptors (Lipinski definition) is 4. The van der Waals surface area contributed by atoms with Crippen molar-refractivity contribution in [3.8, 4) is 0 Å². The first-order valence-electron chi connectivity index (χ1n) is 8.35. The van der Waals surface area contributed by atoms with Crippen LogP contribution in [0.3, 0.4) is 0 Å². The Morgan fingerprint density at radius 2 is 2.38 bits per heavy atom. The average molecular weight is 308 g/mol. The lowest BCUT2D eigenvalue weighted by Gasteiger charge is -2.34. The van der Waals surface area contributed by atoms with Gasteiger partial charge in [-0.2, -0.15) is 11.3 Å². The third kappa shape index (κ3) is 4.28. The quantitative estimate of drug-likeness (QED) is 0.709. The lowest BCUT2D eigenvalue weighted by molar-refractivity contribution is 0.101. The number of hydrogen-bond donors (Lipinski definition) is 1. The van der Waals surface area contributed by atoms with E-state index in [0.717, 1.165) is 38.9 Å². The van der Waals surface area contributed by atoms with Crippen LogP contribution in [0, 0.1) is 5.41 Å². The monoisotopic (exact) mass is 308 g/mol. The van der Waals surface area contributed by atoms with Crippen LogP contribution in [0.5, 0.6) is 0 Å². The Morgan fingerprint density at radius 1 is 1.48 bits per heavy atom. The van der Waals surface area contributed by atoms with Gasteiger partial charge in [-0.25, -0.2) is 0 Å². The first-order chi connectivity index (χ1) is 10.3. The van der Waals surface area contributed by atoms with Crippen molar-refractivity contribution in [2.75, 3.05) is 32.8 Å². The summed E-state index contributed by atoms with van der Waals surface area (Å²) in [5, 5.41) is 8.12. The van der Waals surface area contributed by atoms with Crippen LogP contribution in [0.1, 0.15) is 38.2 Å². The van der Waals surface area contributed by atoms with E-state index in [9.17, 15) is 0 Å². The van der Waals surface area contributed by atoms with Gasteiger partial charge in [0.2, 0.25) is 0 Å². The predicted molar refractivity (Wildman–Crippen MR) is 88.8 cm³/mol. The molecule has 118 valence electrons. The van der Waals surface area contributed by atoms with E-state index in [0.29, 0.717) is 5.41 Å². The molecule has 2 fully saturated rings. The minimum atomic E-state index is 0.327. The zero-order valence-electron chi connectivity index (χ0n) is 13.1. The second-order valence-corrected chi connectivity index (χ2v) is 7.53. The Labute approximate surface area is 132 Å². The van der Waals surface area contributed by atoms with Crippen LogP contribution in [-0.2, 0) is 11.3 Å². The summed E-state index contributed by atoms with van der Waals surface area (Å²) in [7, 11) is 0. The molecule has 1 aliphatic heterocycles. The molecule has 4 heteroatoms. The molecule has 0 radical (unpaired) electrons. The fourth-order valence-corrected chi connectivity index (χ4v) is 3.96. The number of thiophene rings is 1. The van der Waals surface area contributed by atoms with E-state index in [2.05, 4.69) is 34.0 Å². The smallest absolute Gasteiger partial charge is 0.0547 e. The summed E-state index contributed by atoms with van der Waals surface area (Å²) in [6.07, 6.45) is 5.17. The van der Waals surface area contributed by atoms with E-state index in [1.165, 1.54) is 37.8 Å². The zero-order valence-corrected chi connectivity index (χ0v) is 14.0. The molecule has 0 amide bonds. The highest BCUT2D eigenvalue weighted by Gasteiger charge is 2.40. The summed E-state index contributed by atoms with van der Waals surface area (Å²) in [6, 6.07) is 3.08. The number of nitrogens with zero attached hydrogens (tertiary/aromatic N) is 1. The molecule has 1 N–H and O–H groups in total. The van der Waals surface area contributed by atoms with Crippen molar-refractivity contribution in [3.05, 3.63) is 22.4 Å². The van der Waals surface area contributed by atoms with Crippen LogP contribution < -0.4 is 5.32 Å². The predicted octanol–water partition coefficient (Wildman–Crippen LogP) is 3.12. The molecule has 2 heterocycles. The molecule has 1 aromatic rings. The molecule has 1 atom stereocenters. The summed E-state index contributed by atoms with van der Waals surface area (Å²) in [5.74, 6) is 0. The number of ether oxygens (including phenoxy) is 1. The van der Waals surface area contributed by atoms with Gasteiger partial charge in [-0.1, -0.05) is 6.92 Å². The summed E-state index contributed by atoms with van der Waals surface area (Å²) in [5.41, 5.74) is 1.80. The van der Waals surface area contributed by atoms with E-state index >= 15 is 0 Å². The van der Waals surface area contributed by atoms with Gasteiger partial charge in [-0.3, -0.25) is 4.90 Å². The van der Waals surface area contributed by atoms with Gasteiger partial charge in [0.1, 0.15) is 0 Å². The minimum Gasteiger partial charge on any atom is -0.381 e. The van der Waals surface area contributed by atoms with Crippen LogP contribution in [0.2, 0.25) is 0 Å². The lowest BCUT2D eigenvalue weighted by atomic mass is 9.86. The molecule has 3 nitrogen and oxygen atoms in total. The van der Waals surface area contributed by atoms with Crippen molar-refractivity contribution in [2.24, 2.45) is 5.41 Å². The number of rotatable bonds is 9. The van der Waals surface area contributed by atoms with Crippen molar-refractivity contribution < 1.29 is 4.74 Å². The Balaban J connectivity index is 1.61. The van der Waals surface area contributed by atoms with Gasteiger partial charge < -0.3 is 10.1 Å². The van der Waals surface area contributed by atoms with Gasteiger partial charge in [0, 0.05) is 37.7 Å². The topological polar surface area (TPSA) is 24.5 Å². The highest BCUT2D eigenvalue weighted by molar-refractivity contribution is 7.07. The largest absolute Gasteiger partial charge is 0.381 e. The third-order valence-corrected chi connectivity index (χ3v) is 5.41. The Hall–Kier alpha value is -0.420. The zero-order chi connectivity index (χ0) is 14.5. The van der Waals surface area contributed by atoms with Crippen molar-refractivity contribution in [3.63, 3.8) is 0 Å². The van der Waals surface area contributed by atoms with Crippen LogP contribution in [0.15, 0.2) is 16.8 Å². The average Bonchev–Trinajstić information content (AvgIpc) is 3.02. The van der Waals surface area contributed by atoms with Crippen molar-refractivity contribution >= 4 is 11.3 Å². The summed E-state index contributed by atoms with van der Waals surface area (Å²) in [4.78, 5) is 2.71. The molecule has 1 unspecified atom stereocenters. The molecule has 1 saturated heterocycles. The molecule has 0 bridgehead atoms. The SMILES string of the molecule is CCCNCC1(CN(Cc2ccsc2)C2CC2)CCOC1. The fourth-order valence-electron chi connectivity index (χ4n) is 3.30. The maximum Gasteiger partial charge on any atom is 0.0547 e. The van der Waals surface area contributed by atoms with Gasteiger partial charge >= 0.3 is 0 Å². The summed E-state index contributed by atoms with van der Waals surface area (Å²) >= 11 is 1.81. The minimum absolute atomic E-state index is 0.327. The van der Waals surface area contributed by atoms with E-state index in [-0.39, 0.29) is 0 Å². The van der Waals surface area contributed by atoms with Gasteiger partial charge in [0.05, 0.1) is 6.61 Å². The first kappa shape index (κ1) is 15.5. The van der Waals surface area contributed by atoms with Gasteiger partial charge in [0.25, 0.3) is 0 Å². The maximum absolute atomic E-state index is 5.76. The molecule has 1 saturated carbocycles. The molecule has 1 aromatic heterocycles. The Morgan fingerprint density at radius 3 is 3.00 bits per heavy atom. The van der Waals surface area contributed by atoms with Crippen molar-refractivity contribution in [2.45, 2.75) is 45.2 Å². The van der Waals surface area contributed by atoms with Crippen LogP contribution in [-0.4, -0.2) is 43.8 Å². The van der Waals surface area contributed by atoms with Gasteiger partial charge in [-0.15, -0.1) is 0 Å². The third-order valence-electron chi connectivity index (χ3n) is 4.68. The van der Waals surface area contributed by atoms with E-state index in [4.69, 9.17) is 4.74 Å². The van der Waals surface area contributed by atoms with Gasteiger partial charge in [0.15, 0.2) is 0 Å². The molecule has 0 spiro atoms. The van der Waals surface area contributed by atoms with E-state index < -0.39 is 0 Å². The van der Waals surface area contributed by atoms with Crippen LogP contribution >= 0.6 is 11.3 Å². The molecule has 3 rings (SSSR count). The fraction of sp³-hybridized carbons (Fsp3) is 0.765. The van der Waals surface area contributed by atoms with Crippen LogP contribution in [0.4, 0.5) is 0 Å². The second-order valence-electron chi connectivity index (χ2n) is 6.75. The molecule has 0 aromatic carbocycles. The Kier molecular flexibility index (Phi) is 5.33.